The van der Waals surface area contributed by atoms with Crippen LogP contribution in [0, 0.1) is 13.8 Å². The van der Waals surface area contributed by atoms with Gasteiger partial charge in [-0.05, 0) is 50.4 Å². The van der Waals surface area contributed by atoms with Crippen LogP contribution in [0.5, 0.6) is 0 Å². The third-order valence-electron chi connectivity index (χ3n) is 5.12. The highest BCUT2D eigenvalue weighted by Gasteiger charge is 2.21. The summed E-state index contributed by atoms with van der Waals surface area (Å²) in [4.78, 5) is 14.6. The molecule has 1 unspecified atom stereocenters. The van der Waals surface area contributed by atoms with Crippen LogP contribution >= 0.6 is 0 Å². The molecule has 0 aliphatic carbocycles. The second kappa shape index (κ2) is 8.02. The molecule has 0 saturated carbocycles. The number of piperidine rings is 1. The van der Waals surface area contributed by atoms with Crippen molar-refractivity contribution in [2.45, 2.75) is 45.6 Å². The number of rotatable bonds is 6. The molecule has 1 saturated heterocycles. The Hall–Kier alpha value is -1.85. The Bertz CT molecular complexity index is 738. The third kappa shape index (κ3) is 4.22. The summed E-state index contributed by atoms with van der Waals surface area (Å²) < 4.78 is 5.62. The van der Waals surface area contributed by atoms with Crippen molar-refractivity contribution < 1.29 is 14.3 Å². The Balaban J connectivity index is 1.55. The van der Waals surface area contributed by atoms with E-state index in [9.17, 15) is 9.90 Å². The molecule has 1 aromatic carbocycles. The molecule has 1 aliphatic rings. The summed E-state index contributed by atoms with van der Waals surface area (Å²) in [5, 5.41) is 13.5. The number of aliphatic hydroxyl groups is 1. The van der Waals surface area contributed by atoms with E-state index in [2.05, 4.69) is 23.2 Å². The van der Waals surface area contributed by atoms with E-state index in [-0.39, 0.29) is 18.6 Å². The fourth-order valence-electron chi connectivity index (χ4n) is 3.89. The van der Waals surface area contributed by atoms with Crippen molar-refractivity contribution in [3.8, 4) is 0 Å². The van der Waals surface area contributed by atoms with Crippen molar-refractivity contribution >= 4 is 16.9 Å². The summed E-state index contributed by atoms with van der Waals surface area (Å²) in [6.45, 7) is 6.71. The molecule has 0 spiro atoms. The van der Waals surface area contributed by atoms with E-state index >= 15 is 0 Å². The van der Waals surface area contributed by atoms with Gasteiger partial charge in [0.2, 0.25) is 5.91 Å². The van der Waals surface area contributed by atoms with Gasteiger partial charge in [0.15, 0.2) is 0 Å². The number of likely N-dealkylation sites (tertiary alicyclic amines) is 1. The number of nitrogens with zero attached hydrogens (tertiary/aromatic N) is 1. The first-order valence-corrected chi connectivity index (χ1v) is 9.17. The number of nitrogens with one attached hydrogen (secondary N) is 1. The fourth-order valence-corrected chi connectivity index (χ4v) is 3.89. The van der Waals surface area contributed by atoms with Crippen molar-refractivity contribution in [3.05, 3.63) is 35.1 Å². The second-order valence-electron chi connectivity index (χ2n) is 7.11. The predicted octanol–water partition coefficient (Wildman–Crippen LogP) is 2.56. The van der Waals surface area contributed by atoms with E-state index in [0.29, 0.717) is 13.0 Å². The number of carbonyl (C=O) groups is 1. The van der Waals surface area contributed by atoms with Crippen LogP contribution < -0.4 is 5.32 Å². The van der Waals surface area contributed by atoms with Crippen molar-refractivity contribution in [1.82, 2.24) is 10.2 Å². The molecule has 5 nitrogen and oxygen atoms in total. The SMILES string of the molecule is Cc1cc(C)c2c(CC(=O)NCCN3CCCCC3CO)coc2c1. The maximum absolute atomic E-state index is 12.3. The summed E-state index contributed by atoms with van der Waals surface area (Å²) in [5.41, 5.74) is 4.09. The number of fused-ring (bicyclic) bond motifs is 1. The Morgan fingerprint density at radius 3 is 3.00 bits per heavy atom. The lowest BCUT2D eigenvalue weighted by Gasteiger charge is -2.34. The molecule has 0 radical (unpaired) electrons. The average Bonchev–Trinajstić information content (AvgIpc) is 2.98. The lowest BCUT2D eigenvalue weighted by molar-refractivity contribution is -0.120. The van der Waals surface area contributed by atoms with Crippen LogP contribution in [0.25, 0.3) is 11.0 Å². The first-order chi connectivity index (χ1) is 12.1. The Morgan fingerprint density at radius 1 is 1.36 bits per heavy atom. The molecule has 3 rings (SSSR count). The highest BCUT2D eigenvalue weighted by atomic mass is 16.3. The van der Waals surface area contributed by atoms with Crippen LogP contribution in [0.15, 0.2) is 22.8 Å². The number of carbonyl (C=O) groups excluding carboxylic acids is 1. The number of aliphatic hydroxyl groups excluding tert-OH is 1. The quantitative estimate of drug-likeness (QED) is 0.845. The fraction of sp³-hybridized carbons (Fsp3) is 0.550. The maximum atomic E-state index is 12.3. The first kappa shape index (κ1) is 18.0. The summed E-state index contributed by atoms with van der Waals surface area (Å²) >= 11 is 0. The molecule has 136 valence electrons. The molecular formula is C20H28N2O3. The van der Waals surface area contributed by atoms with Crippen molar-refractivity contribution in [3.63, 3.8) is 0 Å². The topological polar surface area (TPSA) is 65.7 Å². The van der Waals surface area contributed by atoms with Gasteiger partial charge in [0.05, 0.1) is 19.3 Å². The monoisotopic (exact) mass is 344 g/mol. The second-order valence-corrected chi connectivity index (χ2v) is 7.11. The molecule has 2 N–H and O–H groups in total. The van der Waals surface area contributed by atoms with Gasteiger partial charge in [-0.3, -0.25) is 9.69 Å². The molecule has 1 atom stereocenters. The zero-order chi connectivity index (χ0) is 17.8. The zero-order valence-corrected chi connectivity index (χ0v) is 15.2. The third-order valence-corrected chi connectivity index (χ3v) is 5.12. The van der Waals surface area contributed by atoms with Crippen molar-refractivity contribution in [2.75, 3.05) is 26.2 Å². The van der Waals surface area contributed by atoms with Gasteiger partial charge in [0, 0.05) is 30.1 Å². The molecule has 1 fully saturated rings. The van der Waals surface area contributed by atoms with Gasteiger partial charge in [0.25, 0.3) is 0 Å². The number of hydrogen-bond acceptors (Lipinski definition) is 4. The summed E-state index contributed by atoms with van der Waals surface area (Å²) in [6.07, 6.45) is 5.43. The van der Waals surface area contributed by atoms with E-state index in [0.717, 1.165) is 47.2 Å². The van der Waals surface area contributed by atoms with Crippen LogP contribution in [0.4, 0.5) is 0 Å². The Labute approximate surface area is 149 Å². The molecule has 1 amide bonds. The number of furan rings is 1. The minimum atomic E-state index is 0.0141. The smallest absolute Gasteiger partial charge is 0.224 e. The predicted molar refractivity (Wildman–Crippen MR) is 98.7 cm³/mol. The summed E-state index contributed by atoms with van der Waals surface area (Å²) in [7, 11) is 0. The van der Waals surface area contributed by atoms with Gasteiger partial charge in [-0.15, -0.1) is 0 Å². The molecule has 1 aliphatic heterocycles. The van der Waals surface area contributed by atoms with E-state index < -0.39 is 0 Å². The lowest BCUT2D eigenvalue weighted by atomic mass is 10.0. The molecule has 2 aromatic rings. The number of benzene rings is 1. The first-order valence-electron chi connectivity index (χ1n) is 9.17. The van der Waals surface area contributed by atoms with Crippen molar-refractivity contribution in [1.29, 1.82) is 0 Å². The summed E-state index contributed by atoms with van der Waals surface area (Å²) in [6, 6.07) is 4.37. The minimum absolute atomic E-state index is 0.0141. The van der Waals surface area contributed by atoms with Gasteiger partial charge in [-0.1, -0.05) is 12.5 Å². The van der Waals surface area contributed by atoms with E-state index in [1.54, 1.807) is 6.26 Å². The molecule has 2 heterocycles. The van der Waals surface area contributed by atoms with Gasteiger partial charge < -0.3 is 14.8 Å². The number of amides is 1. The summed E-state index contributed by atoms with van der Waals surface area (Å²) in [5.74, 6) is 0.0141. The van der Waals surface area contributed by atoms with Crippen LogP contribution in [-0.4, -0.2) is 48.2 Å². The molecule has 5 heteroatoms. The largest absolute Gasteiger partial charge is 0.464 e. The Kier molecular flexibility index (Phi) is 5.76. The molecule has 1 aromatic heterocycles. The number of hydrogen-bond donors (Lipinski definition) is 2. The zero-order valence-electron chi connectivity index (χ0n) is 15.2. The highest BCUT2D eigenvalue weighted by molar-refractivity contribution is 5.90. The van der Waals surface area contributed by atoms with Crippen molar-refractivity contribution in [2.24, 2.45) is 0 Å². The van der Waals surface area contributed by atoms with Gasteiger partial charge in [-0.2, -0.15) is 0 Å². The molecule has 25 heavy (non-hydrogen) atoms. The normalized spacial score (nSPS) is 18.6. The lowest BCUT2D eigenvalue weighted by Crippen LogP contribution is -2.45. The standard InChI is InChI=1S/C20H28N2O3/c1-14-9-15(2)20-16(13-25-18(20)10-14)11-19(24)21-6-8-22-7-4-3-5-17(22)12-23/h9-10,13,17,23H,3-8,11-12H2,1-2H3,(H,21,24). The van der Waals surface area contributed by atoms with Crippen LogP contribution in [0.1, 0.15) is 36.0 Å². The Morgan fingerprint density at radius 2 is 2.20 bits per heavy atom. The number of aryl methyl sites for hydroxylation is 2. The highest BCUT2D eigenvalue weighted by Crippen LogP contribution is 2.26. The minimum Gasteiger partial charge on any atom is -0.464 e. The average molecular weight is 344 g/mol. The van der Waals surface area contributed by atoms with E-state index in [4.69, 9.17) is 4.42 Å². The van der Waals surface area contributed by atoms with Crippen LogP contribution in [-0.2, 0) is 11.2 Å². The van der Waals surface area contributed by atoms with Crippen LogP contribution in [0.2, 0.25) is 0 Å². The van der Waals surface area contributed by atoms with E-state index in [1.807, 2.05) is 13.0 Å². The van der Waals surface area contributed by atoms with Crippen LogP contribution in [0.3, 0.4) is 0 Å². The van der Waals surface area contributed by atoms with Gasteiger partial charge >= 0.3 is 0 Å². The molecular weight excluding hydrogens is 316 g/mol. The maximum Gasteiger partial charge on any atom is 0.224 e. The molecule has 0 bridgehead atoms. The van der Waals surface area contributed by atoms with Gasteiger partial charge in [-0.25, -0.2) is 0 Å². The van der Waals surface area contributed by atoms with Gasteiger partial charge in [0.1, 0.15) is 5.58 Å². The van der Waals surface area contributed by atoms with E-state index in [1.165, 1.54) is 12.8 Å².